The maximum Gasteiger partial charge on any atom is 0.200 e. The van der Waals surface area contributed by atoms with E-state index in [2.05, 4.69) is 24.3 Å². The zero-order valence-corrected chi connectivity index (χ0v) is 13.2. The van der Waals surface area contributed by atoms with Crippen molar-refractivity contribution in [1.82, 2.24) is 0 Å². The van der Waals surface area contributed by atoms with Gasteiger partial charge in [-0.3, -0.25) is 0 Å². The molecule has 1 saturated carbocycles. The molecule has 5 rings (SSSR count). The minimum atomic E-state index is -0.588. The van der Waals surface area contributed by atoms with Crippen LogP contribution in [0.1, 0.15) is 45.4 Å². The van der Waals surface area contributed by atoms with Crippen LogP contribution in [0.2, 0.25) is 0 Å². The molecule has 0 amide bonds. The predicted molar refractivity (Wildman–Crippen MR) is 81.7 cm³/mol. The summed E-state index contributed by atoms with van der Waals surface area (Å²) in [7, 11) is 0. The van der Waals surface area contributed by atoms with Crippen LogP contribution in [0.25, 0.3) is 0 Å². The first-order valence-electron chi connectivity index (χ1n) is 7.97. The summed E-state index contributed by atoms with van der Waals surface area (Å²) in [5.41, 5.74) is -0.249. The molecule has 1 aromatic rings. The minimum absolute atomic E-state index is 0.0199. The summed E-state index contributed by atoms with van der Waals surface area (Å²) in [6, 6.07) is 10.5. The van der Waals surface area contributed by atoms with Crippen molar-refractivity contribution in [1.29, 1.82) is 0 Å². The Morgan fingerprint density at radius 1 is 1.05 bits per heavy atom. The van der Waals surface area contributed by atoms with Gasteiger partial charge < -0.3 is 4.74 Å². The van der Waals surface area contributed by atoms with E-state index in [1.54, 1.807) is 11.8 Å². The standard InChI is InChI=1S/C17H22O3S/c1-16-12-10-13-7-5-6-11-17(13,20-19-16)15(18-16)21-14-8-3-2-4-9-14/h2-4,8-9,13,15H,5-7,10-12H2,1H3/t13-,15-,16-,17+/m1/s1. The first kappa shape index (κ1) is 14.1. The summed E-state index contributed by atoms with van der Waals surface area (Å²) in [4.78, 5) is 13.0. The SMILES string of the molecule is C[C@]12CC[C@H]3CCCC[C@@]3(OO1)[C@@H](Sc1ccccc1)O2. The zero-order chi connectivity index (χ0) is 14.3. The second kappa shape index (κ2) is 5.27. The fourth-order valence-corrected chi connectivity index (χ4v) is 5.25. The minimum Gasteiger partial charge on any atom is -0.330 e. The van der Waals surface area contributed by atoms with Crippen molar-refractivity contribution in [3.05, 3.63) is 30.3 Å². The van der Waals surface area contributed by atoms with E-state index >= 15 is 0 Å². The molecule has 4 heteroatoms. The van der Waals surface area contributed by atoms with Gasteiger partial charge in [-0.2, -0.15) is 0 Å². The topological polar surface area (TPSA) is 27.7 Å². The molecule has 1 spiro atoms. The Bertz CT molecular complexity index is 504. The van der Waals surface area contributed by atoms with Gasteiger partial charge in [-0.25, -0.2) is 9.78 Å². The molecule has 0 unspecified atom stereocenters. The fraction of sp³-hybridized carbons (Fsp3) is 0.647. The van der Waals surface area contributed by atoms with E-state index in [0.717, 1.165) is 19.3 Å². The van der Waals surface area contributed by atoms with Crippen LogP contribution in [0.5, 0.6) is 0 Å². The summed E-state index contributed by atoms with van der Waals surface area (Å²) < 4.78 is 6.38. The van der Waals surface area contributed by atoms with Crippen LogP contribution in [0.4, 0.5) is 0 Å². The van der Waals surface area contributed by atoms with Crippen LogP contribution < -0.4 is 0 Å². The Balaban J connectivity index is 1.67. The summed E-state index contributed by atoms with van der Waals surface area (Å²) in [5.74, 6) is -0.0357. The molecule has 1 aromatic carbocycles. The normalized spacial score (nSPS) is 42.3. The van der Waals surface area contributed by atoms with Crippen LogP contribution in [-0.2, 0) is 14.5 Å². The molecule has 4 fully saturated rings. The molecule has 2 bridgehead atoms. The molecule has 3 heterocycles. The van der Waals surface area contributed by atoms with Gasteiger partial charge in [-0.1, -0.05) is 42.8 Å². The Hall–Kier alpha value is -0.550. The number of thioether (sulfide) groups is 1. The summed E-state index contributed by atoms with van der Waals surface area (Å²) in [6.07, 6.45) is 6.83. The lowest BCUT2D eigenvalue weighted by atomic mass is 9.74. The van der Waals surface area contributed by atoms with Gasteiger partial charge in [0.2, 0.25) is 0 Å². The second-order valence-electron chi connectivity index (χ2n) is 6.62. The van der Waals surface area contributed by atoms with Crippen molar-refractivity contribution in [2.45, 2.75) is 67.2 Å². The van der Waals surface area contributed by atoms with Gasteiger partial charge in [0.1, 0.15) is 11.0 Å². The highest BCUT2D eigenvalue weighted by atomic mass is 32.2. The molecular formula is C17H22O3S. The Morgan fingerprint density at radius 3 is 2.76 bits per heavy atom. The fourth-order valence-electron chi connectivity index (χ4n) is 3.88. The van der Waals surface area contributed by atoms with Crippen molar-refractivity contribution < 1.29 is 14.5 Å². The molecule has 4 atom stereocenters. The van der Waals surface area contributed by atoms with Crippen LogP contribution in [0.15, 0.2) is 35.2 Å². The highest BCUT2D eigenvalue weighted by molar-refractivity contribution is 7.99. The molecule has 3 saturated heterocycles. The third-order valence-corrected chi connectivity index (χ3v) is 6.38. The highest BCUT2D eigenvalue weighted by Gasteiger charge is 2.59. The molecular weight excluding hydrogens is 284 g/mol. The monoisotopic (exact) mass is 306 g/mol. The average Bonchev–Trinajstić information content (AvgIpc) is 2.73. The number of benzene rings is 1. The van der Waals surface area contributed by atoms with E-state index in [0.29, 0.717) is 5.92 Å². The number of rotatable bonds is 2. The van der Waals surface area contributed by atoms with Crippen LogP contribution in [0, 0.1) is 5.92 Å². The third kappa shape index (κ3) is 2.42. The van der Waals surface area contributed by atoms with Gasteiger partial charge in [-0.15, -0.1) is 0 Å². The van der Waals surface area contributed by atoms with E-state index < -0.39 is 5.79 Å². The molecule has 3 nitrogen and oxygen atoms in total. The van der Waals surface area contributed by atoms with Crippen molar-refractivity contribution in [3.63, 3.8) is 0 Å². The zero-order valence-electron chi connectivity index (χ0n) is 12.4. The lowest BCUT2D eigenvalue weighted by molar-refractivity contribution is -0.513. The highest BCUT2D eigenvalue weighted by Crippen LogP contribution is 2.55. The first-order chi connectivity index (χ1) is 10.2. The summed E-state index contributed by atoms with van der Waals surface area (Å²) in [6.45, 7) is 2.01. The Kier molecular flexibility index (Phi) is 3.53. The van der Waals surface area contributed by atoms with Gasteiger partial charge in [-0.05, 0) is 44.2 Å². The molecule has 0 N–H and O–H groups in total. The van der Waals surface area contributed by atoms with Gasteiger partial charge in [0, 0.05) is 11.3 Å². The second-order valence-corrected chi connectivity index (χ2v) is 7.75. The van der Waals surface area contributed by atoms with Gasteiger partial charge in [0.05, 0.1) is 0 Å². The molecule has 0 aromatic heterocycles. The van der Waals surface area contributed by atoms with Crippen molar-refractivity contribution >= 4 is 11.8 Å². The van der Waals surface area contributed by atoms with Gasteiger partial charge >= 0.3 is 0 Å². The molecule has 3 aliphatic heterocycles. The van der Waals surface area contributed by atoms with Crippen molar-refractivity contribution in [2.75, 3.05) is 0 Å². The van der Waals surface area contributed by atoms with Gasteiger partial charge in [0.25, 0.3) is 0 Å². The molecule has 114 valence electrons. The predicted octanol–water partition coefficient (Wildman–Crippen LogP) is 4.52. The van der Waals surface area contributed by atoms with Crippen LogP contribution in [-0.4, -0.2) is 16.8 Å². The van der Waals surface area contributed by atoms with Crippen molar-refractivity contribution in [2.24, 2.45) is 5.92 Å². The van der Waals surface area contributed by atoms with E-state index in [4.69, 9.17) is 14.5 Å². The van der Waals surface area contributed by atoms with E-state index in [-0.39, 0.29) is 11.0 Å². The lowest BCUT2D eigenvalue weighted by Gasteiger charge is -2.49. The molecule has 0 radical (unpaired) electrons. The quantitative estimate of drug-likeness (QED) is 0.751. The Morgan fingerprint density at radius 2 is 1.90 bits per heavy atom. The van der Waals surface area contributed by atoms with Gasteiger partial charge in [0.15, 0.2) is 5.79 Å². The van der Waals surface area contributed by atoms with E-state index in [9.17, 15) is 0 Å². The summed E-state index contributed by atoms with van der Waals surface area (Å²) in [5, 5.41) is 0. The maximum absolute atomic E-state index is 6.38. The first-order valence-corrected chi connectivity index (χ1v) is 8.85. The Labute approximate surface area is 130 Å². The average molecular weight is 306 g/mol. The van der Waals surface area contributed by atoms with Crippen molar-refractivity contribution in [3.8, 4) is 0 Å². The van der Waals surface area contributed by atoms with Crippen LogP contribution >= 0.6 is 11.8 Å². The summed E-state index contributed by atoms with van der Waals surface area (Å²) >= 11 is 1.79. The van der Waals surface area contributed by atoms with E-state index in [1.165, 1.54) is 24.2 Å². The number of fused-ring (bicyclic) bond motifs is 3. The number of hydrogen-bond acceptors (Lipinski definition) is 4. The molecule has 1 aliphatic carbocycles. The molecule has 21 heavy (non-hydrogen) atoms. The number of hydrogen-bond donors (Lipinski definition) is 0. The van der Waals surface area contributed by atoms with Crippen LogP contribution in [0.3, 0.4) is 0 Å². The maximum atomic E-state index is 6.38. The smallest absolute Gasteiger partial charge is 0.200 e. The largest absolute Gasteiger partial charge is 0.330 e. The molecule has 4 aliphatic rings. The third-order valence-electron chi connectivity index (χ3n) is 5.12. The van der Waals surface area contributed by atoms with E-state index in [1.807, 2.05) is 13.0 Å². The number of ether oxygens (including phenoxy) is 1. The lowest BCUT2D eigenvalue weighted by Crippen LogP contribution is -2.57.